The van der Waals surface area contributed by atoms with Gasteiger partial charge in [0, 0.05) is 31.9 Å². The molecule has 0 bridgehead atoms. The maximum Gasteiger partial charge on any atom is 0.263 e. The molecule has 2 rings (SSSR count). The Morgan fingerprint density at radius 1 is 1.47 bits per heavy atom. The number of nitrogen functional groups attached to an aromatic ring is 1. The number of amides is 2. The molecule has 2 aromatic heterocycles. The maximum absolute atomic E-state index is 12.0. The lowest BCUT2D eigenvalue weighted by atomic mass is 10.2. The number of rotatable bonds is 3. The number of aromatic nitrogens is 1. The summed E-state index contributed by atoms with van der Waals surface area (Å²) in [5.74, 6) is -0.511. The van der Waals surface area contributed by atoms with Crippen LogP contribution in [0, 0.1) is 0 Å². The fourth-order valence-corrected chi connectivity index (χ4v) is 2.54. The van der Waals surface area contributed by atoms with E-state index in [2.05, 4.69) is 10.3 Å². The molecule has 0 spiro atoms. The van der Waals surface area contributed by atoms with Gasteiger partial charge < -0.3 is 16.0 Å². The molecule has 19 heavy (non-hydrogen) atoms. The highest BCUT2D eigenvalue weighted by molar-refractivity contribution is 7.21. The molecule has 0 radical (unpaired) electrons. The summed E-state index contributed by atoms with van der Waals surface area (Å²) in [6.45, 7) is -0.0439. The van der Waals surface area contributed by atoms with Crippen molar-refractivity contribution >= 4 is 38.9 Å². The molecule has 0 aliphatic heterocycles. The van der Waals surface area contributed by atoms with E-state index in [1.165, 1.54) is 16.2 Å². The van der Waals surface area contributed by atoms with E-state index in [4.69, 9.17) is 5.73 Å². The predicted molar refractivity (Wildman–Crippen MR) is 75.1 cm³/mol. The van der Waals surface area contributed by atoms with Crippen LogP contribution in [0.2, 0.25) is 0 Å². The Morgan fingerprint density at radius 3 is 2.84 bits per heavy atom. The minimum absolute atomic E-state index is 0.0439. The molecule has 0 saturated heterocycles. The standard InChI is InChI=1S/C12H14N4O2S/c1-16(2)9(17)6-15-12(18)11-10(13)7-3-4-14-5-8(7)19-11/h3-5H,6,13H2,1-2H3,(H,15,18). The monoisotopic (exact) mass is 278 g/mol. The lowest BCUT2D eigenvalue weighted by Gasteiger charge is -2.10. The Balaban J connectivity index is 2.18. The smallest absolute Gasteiger partial charge is 0.263 e. The van der Waals surface area contributed by atoms with E-state index < -0.39 is 0 Å². The minimum Gasteiger partial charge on any atom is -0.397 e. The van der Waals surface area contributed by atoms with Crippen LogP contribution in [0.3, 0.4) is 0 Å². The van der Waals surface area contributed by atoms with E-state index >= 15 is 0 Å². The molecule has 0 aliphatic rings. The number of nitrogens with zero attached hydrogens (tertiary/aromatic N) is 2. The summed E-state index contributed by atoms with van der Waals surface area (Å²) in [7, 11) is 3.27. The molecular formula is C12H14N4O2S. The number of thiophene rings is 1. The average Bonchev–Trinajstić information content (AvgIpc) is 2.73. The molecule has 3 N–H and O–H groups in total. The Morgan fingerprint density at radius 2 is 2.21 bits per heavy atom. The molecule has 0 aromatic carbocycles. The van der Waals surface area contributed by atoms with Crippen molar-refractivity contribution in [2.75, 3.05) is 26.4 Å². The normalized spacial score (nSPS) is 10.4. The highest BCUT2D eigenvalue weighted by atomic mass is 32.1. The van der Waals surface area contributed by atoms with Crippen molar-refractivity contribution < 1.29 is 9.59 Å². The Hall–Kier alpha value is -2.15. The van der Waals surface area contributed by atoms with E-state index in [-0.39, 0.29) is 18.4 Å². The number of carbonyl (C=O) groups excluding carboxylic acids is 2. The second kappa shape index (κ2) is 5.23. The van der Waals surface area contributed by atoms with E-state index in [1.807, 2.05) is 0 Å². The minimum atomic E-state index is -0.339. The number of hydrogen-bond donors (Lipinski definition) is 2. The number of nitrogens with one attached hydrogen (secondary N) is 1. The van der Waals surface area contributed by atoms with Crippen LogP contribution in [0.25, 0.3) is 10.1 Å². The number of nitrogens with two attached hydrogens (primary N) is 1. The lowest BCUT2D eigenvalue weighted by molar-refractivity contribution is -0.127. The van der Waals surface area contributed by atoms with Gasteiger partial charge in [-0.1, -0.05) is 0 Å². The molecule has 7 heteroatoms. The van der Waals surface area contributed by atoms with Crippen molar-refractivity contribution in [3.8, 4) is 0 Å². The summed E-state index contributed by atoms with van der Waals surface area (Å²) in [4.78, 5) is 29.2. The lowest BCUT2D eigenvalue weighted by Crippen LogP contribution is -2.36. The van der Waals surface area contributed by atoms with Crippen molar-refractivity contribution in [2.45, 2.75) is 0 Å². The van der Waals surface area contributed by atoms with Gasteiger partial charge in [0.05, 0.1) is 16.9 Å². The fourth-order valence-electron chi connectivity index (χ4n) is 1.53. The van der Waals surface area contributed by atoms with Crippen molar-refractivity contribution in [1.82, 2.24) is 15.2 Å². The molecule has 0 atom stereocenters. The fraction of sp³-hybridized carbons (Fsp3) is 0.250. The number of anilines is 1. The largest absolute Gasteiger partial charge is 0.397 e. The SMILES string of the molecule is CN(C)C(=O)CNC(=O)c1sc2cnccc2c1N. The van der Waals surface area contributed by atoms with E-state index in [1.54, 1.807) is 32.6 Å². The second-order valence-corrected chi connectivity index (χ2v) is 5.24. The van der Waals surface area contributed by atoms with Crippen LogP contribution in [0.4, 0.5) is 5.69 Å². The third kappa shape index (κ3) is 2.65. The number of hydrogen-bond acceptors (Lipinski definition) is 5. The van der Waals surface area contributed by atoms with Gasteiger partial charge in [-0.3, -0.25) is 14.6 Å². The van der Waals surface area contributed by atoms with Crippen LogP contribution >= 0.6 is 11.3 Å². The first-order valence-corrected chi connectivity index (χ1v) is 6.42. The van der Waals surface area contributed by atoms with Gasteiger partial charge in [-0.15, -0.1) is 11.3 Å². The Bertz CT molecular complexity index is 636. The van der Waals surface area contributed by atoms with E-state index in [9.17, 15) is 9.59 Å². The van der Waals surface area contributed by atoms with Crippen LogP contribution < -0.4 is 11.1 Å². The zero-order valence-electron chi connectivity index (χ0n) is 10.6. The molecule has 0 unspecified atom stereocenters. The summed E-state index contributed by atoms with van der Waals surface area (Å²) in [5, 5.41) is 3.37. The highest BCUT2D eigenvalue weighted by Gasteiger charge is 2.17. The second-order valence-electron chi connectivity index (χ2n) is 4.19. The quantitative estimate of drug-likeness (QED) is 0.865. The molecule has 0 fully saturated rings. The molecule has 100 valence electrons. The predicted octanol–water partition coefficient (Wildman–Crippen LogP) is 0.696. The maximum atomic E-state index is 12.0. The third-order valence-corrected chi connectivity index (χ3v) is 3.79. The van der Waals surface area contributed by atoms with Gasteiger partial charge in [-0.25, -0.2) is 0 Å². The van der Waals surface area contributed by atoms with Crippen LogP contribution in [-0.4, -0.2) is 42.3 Å². The van der Waals surface area contributed by atoms with Gasteiger partial charge in [0.25, 0.3) is 5.91 Å². The zero-order chi connectivity index (χ0) is 14.0. The van der Waals surface area contributed by atoms with E-state index in [0.717, 1.165) is 10.1 Å². The van der Waals surface area contributed by atoms with Gasteiger partial charge >= 0.3 is 0 Å². The molecule has 6 nitrogen and oxygen atoms in total. The first kappa shape index (κ1) is 13.3. The first-order chi connectivity index (χ1) is 9.00. The number of likely N-dealkylation sites (N-methyl/N-ethyl adjacent to an activating group) is 1. The molecule has 0 aliphatic carbocycles. The van der Waals surface area contributed by atoms with Crippen LogP contribution in [0.5, 0.6) is 0 Å². The molecule has 2 amide bonds. The molecule has 2 heterocycles. The molecule has 0 saturated carbocycles. The average molecular weight is 278 g/mol. The Kier molecular flexibility index (Phi) is 3.66. The van der Waals surface area contributed by atoms with Gasteiger partial charge in [-0.05, 0) is 6.07 Å². The van der Waals surface area contributed by atoms with Crippen molar-refractivity contribution in [1.29, 1.82) is 0 Å². The number of carbonyl (C=O) groups is 2. The zero-order valence-corrected chi connectivity index (χ0v) is 11.5. The molecule has 2 aromatic rings. The van der Waals surface area contributed by atoms with Gasteiger partial charge in [0.2, 0.25) is 5.91 Å². The summed E-state index contributed by atoms with van der Waals surface area (Å²) < 4.78 is 0.851. The number of pyridine rings is 1. The Labute approximate surface area is 114 Å². The van der Waals surface area contributed by atoms with Crippen LogP contribution in [-0.2, 0) is 4.79 Å². The van der Waals surface area contributed by atoms with Crippen molar-refractivity contribution in [3.63, 3.8) is 0 Å². The van der Waals surface area contributed by atoms with Gasteiger partial charge in [0.1, 0.15) is 4.88 Å². The summed E-state index contributed by atoms with van der Waals surface area (Å²) >= 11 is 1.27. The highest BCUT2D eigenvalue weighted by Crippen LogP contribution is 2.32. The van der Waals surface area contributed by atoms with Crippen molar-refractivity contribution in [2.24, 2.45) is 0 Å². The summed E-state index contributed by atoms with van der Waals surface area (Å²) in [6, 6.07) is 1.77. The third-order valence-electron chi connectivity index (χ3n) is 2.64. The van der Waals surface area contributed by atoms with Gasteiger partial charge in [0.15, 0.2) is 0 Å². The van der Waals surface area contributed by atoms with Crippen LogP contribution in [0.15, 0.2) is 18.5 Å². The topological polar surface area (TPSA) is 88.3 Å². The summed E-state index contributed by atoms with van der Waals surface area (Å²) in [6.07, 6.45) is 3.29. The summed E-state index contributed by atoms with van der Waals surface area (Å²) in [5.41, 5.74) is 6.36. The van der Waals surface area contributed by atoms with Gasteiger partial charge in [-0.2, -0.15) is 0 Å². The van der Waals surface area contributed by atoms with Crippen molar-refractivity contribution in [3.05, 3.63) is 23.3 Å². The molecular weight excluding hydrogens is 264 g/mol. The number of fused-ring (bicyclic) bond motifs is 1. The van der Waals surface area contributed by atoms with Crippen LogP contribution in [0.1, 0.15) is 9.67 Å². The first-order valence-electron chi connectivity index (χ1n) is 5.61. The van der Waals surface area contributed by atoms with E-state index in [0.29, 0.717) is 10.6 Å².